The highest BCUT2D eigenvalue weighted by Gasteiger charge is 2.35. The summed E-state index contributed by atoms with van der Waals surface area (Å²) >= 11 is 6.34. The summed E-state index contributed by atoms with van der Waals surface area (Å²) in [4.78, 5) is 17.5. The predicted octanol–water partition coefficient (Wildman–Crippen LogP) is 3.93. The van der Waals surface area contributed by atoms with Gasteiger partial charge in [0.15, 0.2) is 0 Å². The molecule has 3 rings (SSSR count). The third kappa shape index (κ3) is 4.12. The first-order chi connectivity index (χ1) is 12.0. The average molecular weight is 365 g/mol. The van der Waals surface area contributed by atoms with Crippen LogP contribution in [-0.2, 0) is 0 Å². The maximum Gasteiger partial charge on any atom is 0.255 e. The van der Waals surface area contributed by atoms with Gasteiger partial charge in [-0.1, -0.05) is 31.5 Å². The SMILES string of the molecule is COc1cccc(C(=O)N2CCN3C[C@@H](CC(C)C)CC[C@@H]3C2)c1Cl. The van der Waals surface area contributed by atoms with Crippen LogP contribution in [0, 0.1) is 11.8 Å². The maximum absolute atomic E-state index is 12.9. The minimum Gasteiger partial charge on any atom is -0.495 e. The number of carbonyl (C=O) groups excluding carboxylic acids is 1. The van der Waals surface area contributed by atoms with Crippen molar-refractivity contribution in [1.29, 1.82) is 0 Å². The number of hydrogen-bond acceptors (Lipinski definition) is 3. The maximum atomic E-state index is 12.9. The van der Waals surface area contributed by atoms with E-state index in [1.54, 1.807) is 19.2 Å². The van der Waals surface area contributed by atoms with E-state index in [1.165, 1.54) is 25.8 Å². The normalized spacial score (nSPS) is 24.3. The van der Waals surface area contributed by atoms with Crippen molar-refractivity contribution in [2.45, 2.75) is 39.2 Å². The van der Waals surface area contributed by atoms with Crippen molar-refractivity contribution in [2.75, 3.05) is 33.3 Å². The molecule has 0 aromatic heterocycles. The first kappa shape index (κ1) is 18.5. The van der Waals surface area contributed by atoms with Gasteiger partial charge in [0.05, 0.1) is 17.7 Å². The van der Waals surface area contributed by atoms with Gasteiger partial charge in [-0.15, -0.1) is 0 Å². The summed E-state index contributed by atoms with van der Waals surface area (Å²) in [5.41, 5.74) is 0.544. The van der Waals surface area contributed by atoms with Crippen molar-refractivity contribution in [2.24, 2.45) is 11.8 Å². The molecule has 1 amide bonds. The molecule has 0 N–H and O–H groups in total. The molecule has 2 fully saturated rings. The van der Waals surface area contributed by atoms with Gasteiger partial charge in [-0.3, -0.25) is 9.69 Å². The molecule has 1 aromatic carbocycles. The van der Waals surface area contributed by atoms with E-state index in [-0.39, 0.29) is 5.91 Å². The lowest BCUT2D eigenvalue weighted by molar-refractivity contribution is 0.0217. The van der Waals surface area contributed by atoms with Crippen LogP contribution in [0.5, 0.6) is 5.75 Å². The number of piperidine rings is 1. The van der Waals surface area contributed by atoms with Crippen LogP contribution in [0.4, 0.5) is 0 Å². The van der Waals surface area contributed by atoms with Crippen LogP contribution in [0.15, 0.2) is 18.2 Å². The number of methoxy groups -OCH3 is 1. The summed E-state index contributed by atoms with van der Waals surface area (Å²) in [6.45, 7) is 8.34. The summed E-state index contributed by atoms with van der Waals surface area (Å²) in [7, 11) is 1.57. The summed E-state index contributed by atoms with van der Waals surface area (Å²) in [5.74, 6) is 2.15. The lowest BCUT2D eigenvalue weighted by Crippen LogP contribution is -2.57. The summed E-state index contributed by atoms with van der Waals surface area (Å²) < 4.78 is 5.24. The van der Waals surface area contributed by atoms with E-state index in [9.17, 15) is 4.79 Å². The topological polar surface area (TPSA) is 32.8 Å². The average Bonchev–Trinajstić information content (AvgIpc) is 2.60. The standard InChI is InChI=1S/C20H29ClN2O2/c1-14(2)11-15-7-8-16-13-23(10-9-22(16)12-15)20(24)17-5-4-6-18(25-3)19(17)21/h4-6,14-16H,7-13H2,1-3H3/t15-,16-/m1/s1. The monoisotopic (exact) mass is 364 g/mol. The van der Waals surface area contributed by atoms with Crippen molar-refractivity contribution in [1.82, 2.24) is 9.80 Å². The molecule has 0 bridgehead atoms. The third-order valence-electron chi connectivity index (χ3n) is 5.51. The molecule has 2 aliphatic rings. The van der Waals surface area contributed by atoms with Crippen LogP contribution >= 0.6 is 11.6 Å². The smallest absolute Gasteiger partial charge is 0.255 e. The van der Waals surface area contributed by atoms with Crippen LogP contribution in [0.25, 0.3) is 0 Å². The summed E-state index contributed by atoms with van der Waals surface area (Å²) in [6.07, 6.45) is 3.78. The molecule has 1 aromatic rings. The minimum absolute atomic E-state index is 0.0212. The number of nitrogens with zero attached hydrogens (tertiary/aromatic N) is 2. The quantitative estimate of drug-likeness (QED) is 0.811. The zero-order chi connectivity index (χ0) is 18.0. The fourth-order valence-corrected chi connectivity index (χ4v) is 4.59. The highest BCUT2D eigenvalue weighted by molar-refractivity contribution is 6.35. The second kappa shape index (κ2) is 7.96. The Labute approximate surface area is 156 Å². The highest BCUT2D eigenvalue weighted by atomic mass is 35.5. The van der Waals surface area contributed by atoms with Gasteiger partial charge >= 0.3 is 0 Å². The number of carbonyl (C=O) groups is 1. The molecule has 2 heterocycles. The molecule has 4 nitrogen and oxygen atoms in total. The Morgan fingerprint density at radius 2 is 2.08 bits per heavy atom. The number of ether oxygens (including phenoxy) is 1. The molecular weight excluding hydrogens is 336 g/mol. The lowest BCUT2D eigenvalue weighted by atomic mass is 9.86. The summed E-state index contributed by atoms with van der Waals surface area (Å²) in [6, 6.07) is 5.89. The van der Waals surface area contributed by atoms with E-state index in [0.29, 0.717) is 22.4 Å². The highest BCUT2D eigenvalue weighted by Crippen LogP contribution is 2.32. The number of halogens is 1. The van der Waals surface area contributed by atoms with Gasteiger partial charge in [0.25, 0.3) is 5.91 Å². The van der Waals surface area contributed by atoms with Crippen molar-refractivity contribution in [3.63, 3.8) is 0 Å². The van der Waals surface area contributed by atoms with Crippen molar-refractivity contribution in [3.05, 3.63) is 28.8 Å². The van der Waals surface area contributed by atoms with Gasteiger partial charge in [0.1, 0.15) is 5.75 Å². The minimum atomic E-state index is 0.0212. The number of amides is 1. The second-order valence-corrected chi connectivity index (χ2v) is 8.17. The summed E-state index contributed by atoms with van der Waals surface area (Å²) in [5, 5.41) is 0.415. The molecule has 0 aliphatic carbocycles. The van der Waals surface area contributed by atoms with E-state index in [1.807, 2.05) is 11.0 Å². The number of hydrogen-bond donors (Lipinski definition) is 0. The Morgan fingerprint density at radius 1 is 1.28 bits per heavy atom. The van der Waals surface area contributed by atoms with Crippen LogP contribution in [0.2, 0.25) is 5.02 Å². The largest absolute Gasteiger partial charge is 0.495 e. The Bertz CT molecular complexity index is 620. The van der Waals surface area contributed by atoms with Crippen molar-refractivity contribution >= 4 is 17.5 Å². The molecule has 0 unspecified atom stereocenters. The molecule has 25 heavy (non-hydrogen) atoms. The van der Waals surface area contributed by atoms with E-state index in [4.69, 9.17) is 16.3 Å². The van der Waals surface area contributed by atoms with Gasteiger partial charge in [-0.2, -0.15) is 0 Å². The van der Waals surface area contributed by atoms with Gasteiger partial charge < -0.3 is 9.64 Å². The molecule has 2 atom stereocenters. The second-order valence-electron chi connectivity index (χ2n) is 7.79. The van der Waals surface area contributed by atoms with Gasteiger partial charge in [-0.25, -0.2) is 0 Å². The zero-order valence-electron chi connectivity index (χ0n) is 15.5. The fourth-order valence-electron chi connectivity index (χ4n) is 4.31. The first-order valence-corrected chi connectivity index (χ1v) is 9.73. The van der Waals surface area contributed by atoms with E-state index in [2.05, 4.69) is 18.7 Å². The Morgan fingerprint density at radius 3 is 2.80 bits per heavy atom. The Balaban J connectivity index is 1.65. The fraction of sp³-hybridized carbons (Fsp3) is 0.650. The molecule has 2 aliphatic heterocycles. The number of rotatable bonds is 4. The van der Waals surface area contributed by atoms with Crippen molar-refractivity contribution in [3.8, 4) is 5.75 Å². The molecule has 5 heteroatoms. The molecule has 0 radical (unpaired) electrons. The molecular formula is C20H29ClN2O2. The van der Waals surface area contributed by atoms with Gasteiger partial charge in [0, 0.05) is 32.2 Å². The van der Waals surface area contributed by atoms with Crippen LogP contribution in [-0.4, -0.2) is 55.0 Å². The van der Waals surface area contributed by atoms with Crippen LogP contribution in [0.1, 0.15) is 43.5 Å². The Kier molecular flexibility index (Phi) is 5.90. The molecule has 138 valence electrons. The lowest BCUT2D eigenvalue weighted by Gasteiger charge is -2.46. The Hall–Kier alpha value is -1.26. The molecule has 0 saturated carbocycles. The number of fused-ring (bicyclic) bond motifs is 1. The zero-order valence-corrected chi connectivity index (χ0v) is 16.3. The first-order valence-electron chi connectivity index (χ1n) is 9.35. The van der Waals surface area contributed by atoms with E-state index >= 15 is 0 Å². The van der Waals surface area contributed by atoms with E-state index < -0.39 is 0 Å². The van der Waals surface area contributed by atoms with Gasteiger partial charge in [0.2, 0.25) is 0 Å². The van der Waals surface area contributed by atoms with Gasteiger partial charge in [-0.05, 0) is 43.2 Å². The number of piperazine rings is 1. The third-order valence-corrected chi connectivity index (χ3v) is 5.90. The predicted molar refractivity (Wildman–Crippen MR) is 101 cm³/mol. The molecule has 0 spiro atoms. The van der Waals surface area contributed by atoms with Crippen LogP contribution in [0.3, 0.4) is 0 Å². The van der Waals surface area contributed by atoms with E-state index in [0.717, 1.165) is 31.5 Å². The molecule has 2 saturated heterocycles. The number of benzene rings is 1. The van der Waals surface area contributed by atoms with Crippen LogP contribution < -0.4 is 4.74 Å². The van der Waals surface area contributed by atoms with Crippen molar-refractivity contribution < 1.29 is 9.53 Å².